The summed E-state index contributed by atoms with van der Waals surface area (Å²) >= 11 is 0. The van der Waals surface area contributed by atoms with Gasteiger partial charge in [-0.15, -0.1) is 0 Å². The molecule has 0 radical (unpaired) electrons. The first-order chi connectivity index (χ1) is 7.06. The average molecular weight is 215 g/mol. The molecule has 0 heterocycles. The zero-order valence-corrected chi connectivity index (χ0v) is 9.66. The van der Waals surface area contributed by atoms with Gasteiger partial charge in [0.05, 0.1) is 0 Å². The van der Waals surface area contributed by atoms with Crippen molar-refractivity contribution < 1.29 is 10.0 Å². The van der Waals surface area contributed by atoms with Crippen LogP contribution in [0.4, 0.5) is 0 Å². The number of oxime groups is 1. The minimum absolute atomic E-state index is 0.0394. The molecule has 0 aromatic heterocycles. The Morgan fingerprint density at radius 3 is 2.40 bits per heavy atom. The van der Waals surface area contributed by atoms with Crippen LogP contribution in [0, 0.1) is 11.8 Å². The van der Waals surface area contributed by atoms with Crippen LogP contribution < -0.4 is 11.1 Å². The molecule has 1 unspecified atom stereocenters. The SMILES string of the molecule is CCC(CC)C(=O)NCC(C)C(N)=NO. The Kier molecular flexibility index (Phi) is 6.49. The van der Waals surface area contributed by atoms with Crippen molar-refractivity contribution in [1.29, 1.82) is 0 Å². The van der Waals surface area contributed by atoms with Gasteiger partial charge in [0.15, 0.2) is 0 Å². The summed E-state index contributed by atoms with van der Waals surface area (Å²) in [5, 5.41) is 14.1. The number of carbonyl (C=O) groups is 1. The van der Waals surface area contributed by atoms with Gasteiger partial charge in [0.2, 0.25) is 5.91 Å². The van der Waals surface area contributed by atoms with Gasteiger partial charge in [0.1, 0.15) is 5.84 Å². The number of carbonyl (C=O) groups excluding carboxylic acids is 1. The molecule has 0 aliphatic heterocycles. The number of rotatable bonds is 6. The summed E-state index contributed by atoms with van der Waals surface area (Å²) in [5.41, 5.74) is 5.39. The monoisotopic (exact) mass is 215 g/mol. The third-order valence-corrected chi connectivity index (χ3v) is 2.56. The Morgan fingerprint density at radius 1 is 1.47 bits per heavy atom. The largest absolute Gasteiger partial charge is 0.409 e. The number of nitrogens with two attached hydrogens (primary N) is 1. The minimum atomic E-state index is -0.145. The van der Waals surface area contributed by atoms with E-state index in [0.717, 1.165) is 12.8 Å². The number of amidine groups is 1. The van der Waals surface area contributed by atoms with Crippen LogP contribution in [-0.2, 0) is 4.79 Å². The predicted molar refractivity (Wildman–Crippen MR) is 59.7 cm³/mol. The van der Waals surface area contributed by atoms with E-state index in [2.05, 4.69) is 10.5 Å². The summed E-state index contributed by atoms with van der Waals surface area (Å²) in [6.07, 6.45) is 1.67. The van der Waals surface area contributed by atoms with Gasteiger partial charge in [-0.05, 0) is 12.8 Å². The summed E-state index contributed by atoms with van der Waals surface area (Å²) in [5.74, 6) is 0.0928. The molecule has 5 nitrogen and oxygen atoms in total. The van der Waals surface area contributed by atoms with Crippen LogP contribution in [-0.4, -0.2) is 23.5 Å². The van der Waals surface area contributed by atoms with Gasteiger partial charge in [-0.1, -0.05) is 25.9 Å². The second-order valence-corrected chi connectivity index (χ2v) is 3.68. The number of nitrogens with one attached hydrogen (secondary N) is 1. The van der Waals surface area contributed by atoms with E-state index in [4.69, 9.17) is 10.9 Å². The fourth-order valence-electron chi connectivity index (χ4n) is 1.26. The van der Waals surface area contributed by atoms with E-state index in [-0.39, 0.29) is 23.6 Å². The van der Waals surface area contributed by atoms with E-state index >= 15 is 0 Å². The molecule has 0 saturated carbocycles. The highest BCUT2D eigenvalue weighted by Gasteiger charge is 2.15. The minimum Gasteiger partial charge on any atom is -0.409 e. The lowest BCUT2D eigenvalue weighted by atomic mass is 10.0. The Hall–Kier alpha value is -1.26. The normalized spacial score (nSPS) is 14.0. The quantitative estimate of drug-likeness (QED) is 0.266. The summed E-state index contributed by atoms with van der Waals surface area (Å²) in [6, 6.07) is 0. The lowest BCUT2D eigenvalue weighted by Crippen LogP contribution is -2.37. The molecule has 0 bridgehead atoms. The van der Waals surface area contributed by atoms with E-state index in [1.54, 1.807) is 6.92 Å². The maximum Gasteiger partial charge on any atom is 0.223 e. The maximum absolute atomic E-state index is 11.6. The summed E-state index contributed by atoms with van der Waals surface area (Å²) in [7, 11) is 0. The molecular weight excluding hydrogens is 194 g/mol. The van der Waals surface area contributed by atoms with E-state index in [1.807, 2.05) is 13.8 Å². The molecule has 0 aromatic carbocycles. The highest BCUT2D eigenvalue weighted by atomic mass is 16.4. The third kappa shape index (κ3) is 4.67. The van der Waals surface area contributed by atoms with Gasteiger partial charge in [-0.25, -0.2) is 0 Å². The van der Waals surface area contributed by atoms with Crippen LogP contribution in [0.15, 0.2) is 5.16 Å². The van der Waals surface area contributed by atoms with Crippen LogP contribution in [0.3, 0.4) is 0 Å². The van der Waals surface area contributed by atoms with Crippen LogP contribution in [0.25, 0.3) is 0 Å². The number of hydrogen-bond acceptors (Lipinski definition) is 3. The second kappa shape index (κ2) is 7.09. The molecular formula is C10H21N3O2. The Morgan fingerprint density at radius 2 is 2.00 bits per heavy atom. The van der Waals surface area contributed by atoms with Crippen molar-refractivity contribution in [2.75, 3.05) is 6.54 Å². The van der Waals surface area contributed by atoms with E-state index in [9.17, 15) is 4.79 Å². The molecule has 0 spiro atoms. The van der Waals surface area contributed by atoms with Crippen molar-refractivity contribution in [3.05, 3.63) is 0 Å². The molecule has 0 aliphatic rings. The first kappa shape index (κ1) is 13.7. The smallest absolute Gasteiger partial charge is 0.223 e. The highest BCUT2D eigenvalue weighted by molar-refractivity contribution is 5.83. The van der Waals surface area contributed by atoms with Crippen molar-refractivity contribution in [2.45, 2.75) is 33.6 Å². The molecule has 0 saturated heterocycles. The fraction of sp³-hybridized carbons (Fsp3) is 0.800. The van der Waals surface area contributed by atoms with Crippen LogP contribution in [0.1, 0.15) is 33.6 Å². The molecule has 15 heavy (non-hydrogen) atoms. The van der Waals surface area contributed by atoms with Gasteiger partial charge in [0.25, 0.3) is 0 Å². The summed E-state index contributed by atoms with van der Waals surface area (Å²) in [6.45, 7) is 6.18. The molecule has 1 amide bonds. The van der Waals surface area contributed by atoms with Crippen molar-refractivity contribution in [2.24, 2.45) is 22.7 Å². The molecule has 0 rings (SSSR count). The zero-order chi connectivity index (χ0) is 11.8. The van der Waals surface area contributed by atoms with Crippen LogP contribution >= 0.6 is 0 Å². The second-order valence-electron chi connectivity index (χ2n) is 3.68. The van der Waals surface area contributed by atoms with Gasteiger partial charge in [-0.3, -0.25) is 4.79 Å². The Labute approximate surface area is 90.7 Å². The lowest BCUT2D eigenvalue weighted by Gasteiger charge is -2.15. The Balaban J connectivity index is 4.00. The topological polar surface area (TPSA) is 87.7 Å². The molecule has 1 atom stereocenters. The lowest BCUT2D eigenvalue weighted by molar-refractivity contribution is -0.125. The summed E-state index contributed by atoms with van der Waals surface area (Å²) in [4.78, 5) is 11.6. The van der Waals surface area contributed by atoms with E-state index < -0.39 is 0 Å². The maximum atomic E-state index is 11.6. The van der Waals surface area contributed by atoms with Crippen LogP contribution in [0.2, 0.25) is 0 Å². The molecule has 88 valence electrons. The molecule has 0 aliphatic carbocycles. The molecule has 0 fully saturated rings. The zero-order valence-electron chi connectivity index (χ0n) is 9.66. The molecule has 0 aromatic rings. The standard InChI is InChI=1S/C10H21N3O2/c1-4-8(5-2)10(14)12-6-7(3)9(11)13-15/h7-8,15H,4-6H2,1-3H3,(H2,11,13)(H,12,14). The van der Waals surface area contributed by atoms with Crippen molar-refractivity contribution >= 4 is 11.7 Å². The number of amides is 1. The first-order valence-electron chi connectivity index (χ1n) is 5.31. The molecule has 4 N–H and O–H groups in total. The Bertz CT molecular complexity index is 225. The van der Waals surface area contributed by atoms with Gasteiger partial charge < -0.3 is 16.3 Å². The average Bonchev–Trinajstić information content (AvgIpc) is 2.26. The van der Waals surface area contributed by atoms with Gasteiger partial charge in [0, 0.05) is 18.4 Å². The van der Waals surface area contributed by atoms with E-state index in [1.165, 1.54) is 0 Å². The van der Waals surface area contributed by atoms with Crippen LogP contribution in [0.5, 0.6) is 0 Å². The number of hydrogen-bond donors (Lipinski definition) is 3. The third-order valence-electron chi connectivity index (χ3n) is 2.56. The summed E-state index contributed by atoms with van der Waals surface area (Å²) < 4.78 is 0. The van der Waals surface area contributed by atoms with Crippen molar-refractivity contribution in [3.63, 3.8) is 0 Å². The first-order valence-corrected chi connectivity index (χ1v) is 5.31. The van der Waals surface area contributed by atoms with Crippen molar-refractivity contribution in [3.8, 4) is 0 Å². The predicted octanol–water partition coefficient (Wildman–Crippen LogP) is 0.921. The number of nitrogens with zero attached hydrogens (tertiary/aromatic N) is 1. The highest BCUT2D eigenvalue weighted by Crippen LogP contribution is 2.07. The van der Waals surface area contributed by atoms with Gasteiger partial charge in [-0.2, -0.15) is 0 Å². The fourth-order valence-corrected chi connectivity index (χ4v) is 1.26. The molecule has 5 heteroatoms. The van der Waals surface area contributed by atoms with E-state index in [0.29, 0.717) is 6.54 Å². The van der Waals surface area contributed by atoms with Gasteiger partial charge >= 0.3 is 0 Å². The van der Waals surface area contributed by atoms with Crippen molar-refractivity contribution in [1.82, 2.24) is 5.32 Å².